The summed E-state index contributed by atoms with van der Waals surface area (Å²) < 4.78 is 42.2. The highest BCUT2D eigenvalue weighted by atomic mass is 32.1. The highest BCUT2D eigenvalue weighted by molar-refractivity contribution is 7.12. The molecule has 4 rings (SSSR count). The van der Waals surface area contributed by atoms with Crippen LogP contribution in [0.4, 0.5) is 13.2 Å². The lowest BCUT2D eigenvalue weighted by molar-refractivity contribution is -0.141. The Morgan fingerprint density at radius 1 is 1.38 bits per heavy atom. The predicted octanol–water partition coefficient (Wildman–Crippen LogP) is 4.46. The van der Waals surface area contributed by atoms with Crippen LogP contribution in [0.15, 0.2) is 30.5 Å². The van der Waals surface area contributed by atoms with E-state index < -0.39 is 11.9 Å². The molecule has 2 N–H and O–H groups in total. The van der Waals surface area contributed by atoms with Gasteiger partial charge in [0.2, 0.25) is 0 Å². The van der Waals surface area contributed by atoms with E-state index in [1.807, 2.05) is 0 Å². The summed E-state index contributed by atoms with van der Waals surface area (Å²) >= 11 is 1.35. The highest BCUT2D eigenvalue weighted by Gasteiger charge is 2.39. The number of aromatic nitrogens is 2. The van der Waals surface area contributed by atoms with Gasteiger partial charge in [-0.3, -0.25) is 4.68 Å². The van der Waals surface area contributed by atoms with Crippen LogP contribution < -0.4 is 5.32 Å². The molecule has 1 aromatic carbocycles. The van der Waals surface area contributed by atoms with Crippen molar-refractivity contribution in [1.29, 1.82) is 5.26 Å². The van der Waals surface area contributed by atoms with E-state index in [1.54, 1.807) is 19.1 Å². The lowest BCUT2D eigenvalue weighted by Gasteiger charge is -2.26. The number of halogens is 3. The molecule has 3 aromatic rings. The number of thiophene rings is 1. The van der Waals surface area contributed by atoms with Gasteiger partial charge in [0.1, 0.15) is 16.7 Å². The number of nitrogens with zero attached hydrogens (tertiary/aromatic N) is 3. The zero-order valence-corrected chi connectivity index (χ0v) is 16.2. The Balaban J connectivity index is 1.94. The SMILES string of the molecule is CCn1cc(-c2cccc(O)c2C2CNCc3sc(C#N)cc32)c(C(F)(F)F)n1. The summed E-state index contributed by atoms with van der Waals surface area (Å²) in [6.45, 7) is 3.04. The molecule has 29 heavy (non-hydrogen) atoms. The van der Waals surface area contributed by atoms with Gasteiger partial charge < -0.3 is 10.4 Å². The molecule has 1 aliphatic heterocycles. The number of benzene rings is 1. The minimum atomic E-state index is -4.62. The molecule has 0 spiro atoms. The summed E-state index contributed by atoms with van der Waals surface area (Å²) in [7, 11) is 0. The zero-order chi connectivity index (χ0) is 20.8. The molecule has 9 heteroatoms. The molecule has 0 fully saturated rings. The second-order valence-electron chi connectivity index (χ2n) is 6.77. The Labute approximate surface area is 169 Å². The fourth-order valence-corrected chi connectivity index (χ4v) is 4.76. The van der Waals surface area contributed by atoms with Crippen LogP contribution in [0.5, 0.6) is 5.75 Å². The third kappa shape index (κ3) is 3.39. The van der Waals surface area contributed by atoms with Crippen molar-refractivity contribution >= 4 is 11.3 Å². The second kappa shape index (κ2) is 7.21. The first kappa shape index (κ1) is 19.5. The van der Waals surface area contributed by atoms with Gasteiger partial charge in [0.25, 0.3) is 0 Å². The summed E-state index contributed by atoms with van der Waals surface area (Å²) in [5.41, 5.74) is 0.529. The molecule has 1 atom stereocenters. The third-order valence-electron chi connectivity index (χ3n) is 5.04. The van der Waals surface area contributed by atoms with E-state index in [2.05, 4.69) is 16.5 Å². The number of hydrogen-bond donors (Lipinski definition) is 2. The smallest absolute Gasteiger partial charge is 0.435 e. The Morgan fingerprint density at radius 3 is 2.86 bits per heavy atom. The summed E-state index contributed by atoms with van der Waals surface area (Å²) in [4.78, 5) is 1.49. The molecular formula is C20H17F3N4OS. The number of aromatic hydroxyl groups is 1. The molecule has 0 saturated carbocycles. The van der Waals surface area contributed by atoms with E-state index >= 15 is 0 Å². The van der Waals surface area contributed by atoms with Crippen molar-refractivity contribution in [3.05, 3.63) is 57.0 Å². The summed E-state index contributed by atoms with van der Waals surface area (Å²) in [6.07, 6.45) is -3.25. The minimum absolute atomic E-state index is 0.0619. The number of nitrogens with one attached hydrogen (secondary N) is 1. The van der Waals surface area contributed by atoms with Gasteiger partial charge in [0, 0.05) is 47.8 Å². The van der Waals surface area contributed by atoms with Gasteiger partial charge in [-0.05, 0) is 30.2 Å². The maximum Gasteiger partial charge on any atom is 0.435 e. The maximum atomic E-state index is 13.7. The average molecular weight is 418 g/mol. The lowest BCUT2D eigenvalue weighted by Crippen LogP contribution is -2.28. The summed E-state index contributed by atoms with van der Waals surface area (Å²) in [6, 6.07) is 8.47. The van der Waals surface area contributed by atoms with E-state index in [0.717, 1.165) is 10.4 Å². The Hall–Kier alpha value is -2.83. The Kier molecular flexibility index (Phi) is 4.84. The maximum absolute atomic E-state index is 13.7. The highest BCUT2D eigenvalue weighted by Crippen LogP contribution is 2.45. The number of rotatable bonds is 3. The first-order valence-corrected chi connectivity index (χ1v) is 9.85. The summed E-state index contributed by atoms with van der Waals surface area (Å²) in [5, 5.41) is 26.8. The van der Waals surface area contributed by atoms with E-state index in [9.17, 15) is 23.5 Å². The van der Waals surface area contributed by atoms with Crippen LogP contribution in [0.25, 0.3) is 11.1 Å². The van der Waals surface area contributed by atoms with Crippen molar-refractivity contribution in [2.45, 2.75) is 32.1 Å². The van der Waals surface area contributed by atoms with Crippen molar-refractivity contribution < 1.29 is 18.3 Å². The molecule has 150 valence electrons. The molecule has 0 aliphatic carbocycles. The molecule has 1 aliphatic rings. The van der Waals surface area contributed by atoms with Crippen LogP contribution in [-0.4, -0.2) is 21.4 Å². The second-order valence-corrected chi connectivity index (χ2v) is 7.90. The van der Waals surface area contributed by atoms with Crippen LogP contribution in [0.3, 0.4) is 0 Å². The lowest BCUT2D eigenvalue weighted by atomic mass is 9.83. The number of alkyl halides is 3. The summed E-state index contributed by atoms with van der Waals surface area (Å²) in [5.74, 6) is -0.455. The topological polar surface area (TPSA) is 73.9 Å². The predicted molar refractivity (Wildman–Crippen MR) is 103 cm³/mol. The average Bonchev–Trinajstić information content (AvgIpc) is 3.31. The van der Waals surface area contributed by atoms with Crippen LogP contribution in [0, 0.1) is 11.3 Å². The van der Waals surface area contributed by atoms with Gasteiger partial charge in [-0.15, -0.1) is 11.3 Å². The molecule has 0 saturated heterocycles. The number of hydrogen-bond acceptors (Lipinski definition) is 5. The first-order chi connectivity index (χ1) is 13.8. The van der Waals surface area contributed by atoms with Crippen molar-refractivity contribution in [2.75, 3.05) is 6.54 Å². The molecule has 2 aromatic heterocycles. The molecule has 0 amide bonds. The molecule has 0 bridgehead atoms. The van der Waals surface area contributed by atoms with Crippen LogP contribution in [0.2, 0.25) is 0 Å². The van der Waals surface area contributed by atoms with Gasteiger partial charge in [-0.1, -0.05) is 12.1 Å². The molecule has 0 radical (unpaired) electrons. The fraction of sp³-hybridized carbons (Fsp3) is 0.300. The van der Waals surface area contributed by atoms with Crippen LogP contribution in [-0.2, 0) is 19.3 Å². The van der Waals surface area contributed by atoms with E-state index in [4.69, 9.17) is 0 Å². The number of phenolic OH excluding ortho intramolecular Hbond substituents is 1. The van der Waals surface area contributed by atoms with Crippen molar-refractivity contribution in [3.8, 4) is 22.9 Å². The van der Waals surface area contributed by atoms with Gasteiger partial charge in [-0.2, -0.15) is 23.5 Å². The largest absolute Gasteiger partial charge is 0.508 e. The molecule has 1 unspecified atom stereocenters. The number of nitriles is 1. The fourth-order valence-electron chi connectivity index (χ4n) is 3.77. The van der Waals surface area contributed by atoms with Gasteiger partial charge in [0.15, 0.2) is 5.69 Å². The van der Waals surface area contributed by atoms with E-state index in [-0.39, 0.29) is 17.2 Å². The third-order valence-corrected chi connectivity index (χ3v) is 6.09. The number of aryl methyl sites for hydroxylation is 1. The van der Waals surface area contributed by atoms with Gasteiger partial charge in [0.05, 0.1) is 0 Å². The van der Waals surface area contributed by atoms with Gasteiger partial charge in [-0.25, -0.2) is 0 Å². The zero-order valence-electron chi connectivity index (χ0n) is 15.4. The van der Waals surface area contributed by atoms with Crippen LogP contribution in [0.1, 0.15) is 39.4 Å². The number of fused-ring (bicyclic) bond motifs is 1. The van der Waals surface area contributed by atoms with Crippen molar-refractivity contribution in [3.63, 3.8) is 0 Å². The minimum Gasteiger partial charge on any atom is -0.508 e. The van der Waals surface area contributed by atoms with Crippen molar-refractivity contribution in [2.24, 2.45) is 0 Å². The monoisotopic (exact) mass is 418 g/mol. The van der Waals surface area contributed by atoms with Crippen molar-refractivity contribution in [1.82, 2.24) is 15.1 Å². The standard InChI is InChI=1S/C20H17F3N4OS/c1-2-27-10-15(19(26-27)20(21,22)23)12-4-3-5-16(28)18(12)14-8-25-9-17-13(14)6-11(7-24)29-17/h3-6,10,14,25,28H,2,8-9H2,1H3. The molecule has 3 heterocycles. The molecular weight excluding hydrogens is 401 g/mol. The first-order valence-electron chi connectivity index (χ1n) is 9.03. The van der Waals surface area contributed by atoms with E-state index in [0.29, 0.717) is 35.6 Å². The van der Waals surface area contributed by atoms with E-state index in [1.165, 1.54) is 34.3 Å². The Bertz CT molecular complexity index is 1110. The van der Waals surface area contributed by atoms with Crippen LogP contribution >= 0.6 is 11.3 Å². The molecule has 5 nitrogen and oxygen atoms in total. The van der Waals surface area contributed by atoms with Gasteiger partial charge >= 0.3 is 6.18 Å². The quantitative estimate of drug-likeness (QED) is 0.659. The Morgan fingerprint density at radius 2 is 2.17 bits per heavy atom. The number of phenols is 1. The normalized spacial score (nSPS) is 16.4.